The fraction of sp³-hybridized carbons (Fsp3) is 0.556. The summed E-state index contributed by atoms with van der Waals surface area (Å²) in [6.07, 6.45) is -11.0. The highest BCUT2D eigenvalue weighted by Gasteiger charge is 2.50. The molecule has 0 spiro atoms. The molecule has 0 saturated carbocycles. The van der Waals surface area contributed by atoms with Gasteiger partial charge in [-0.25, -0.2) is 9.59 Å². The van der Waals surface area contributed by atoms with Gasteiger partial charge in [-0.1, -0.05) is 19.7 Å². The Labute approximate surface area is 187 Å². The Morgan fingerprint density at radius 3 is 1.64 bits per heavy atom. The van der Waals surface area contributed by atoms with Gasteiger partial charge in [-0.3, -0.25) is 4.55 Å². The Hall–Kier alpha value is -2.39. The van der Waals surface area contributed by atoms with Crippen LogP contribution in [0, 0.1) is 0 Å². The van der Waals surface area contributed by atoms with E-state index in [0.29, 0.717) is 12.3 Å². The molecule has 0 aliphatic rings. The topological polar surface area (TPSA) is 127 Å². The molecule has 0 saturated heterocycles. The summed E-state index contributed by atoms with van der Waals surface area (Å²) in [6.45, 7) is 12.2. The molecule has 0 bridgehead atoms. The molecule has 0 aliphatic carbocycles. The first kappa shape index (κ1) is 35.2. The van der Waals surface area contributed by atoms with Gasteiger partial charge in [-0.2, -0.15) is 34.8 Å². The highest BCUT2D eigenvalue weighted by Crippen LogP contribution is 2.34. The van der Waals surface area contributed by atoms with Crippen LogP contribution in [0.4, 0.5) is 26.3 Å². The number of aliphatic hydroxyl groups is 1. The van der Waals surface area contributed by atoms with Crippen LogP contribution in [0.25, 0.3) is 0 Å². The lowest BCUT2D eigenvalue weighted by Crippen LogP contribution is -2.45. The summed E-state index contributed by atoms with van der Waals surface area (Å²) in [5, 5.41) is 9.60. The van der Waals surface area contributed by atoms with Crippen LogP contribution in [0.15, 0.2) is 36.3 Å². The van der Waals surface area contributed by atoms with E-state index in [-0.39, 0.29) is 11.1 Å². The summed E-state index contributed by atoms with van der Waals surface area (Å²) in [5.74, 6) is -1.80. The summed E-state index contributed by atoms with van der Waals surface area (Å²) >= 11 is 0. The lowest BCUT2D eigenvalue weighted by molar-refractivity contribution is -0.261. The van der Waals surface area contributed by atoms with Crippen molar-refractivity contribution in [1.82, 2.24) is 0 Å². The molecular weight excluding hydrogens is 490 g/mol. The fourth-order valence-electron chi connectivity index (χ4n) is 1.27. The van der Waals surface area contributed by atoms with Crippen LogP contribution in [0.5, 0.6) is 0 Å². The van der Waals surface area contributed by atoms with Crippen LogP contribution in [0.3, 0.4) is 0 Å². The molecule has 0 aromatic carbocycles. The van der Waals surface area contributed by atoms with Gasteiger partial charge >= 0.3 is 24.3 Å². The second-order valence-electron chi connectivity index (χ2n) is 6.63. The van der Waals surface area contributed by atoms with Gasteiger partial charge in [0.25, 0.3) is 10.1 Å². The predicted molar refractivity (Wildman–Crippen MR) is 105 cm³/mol. The third-order valence-corrected chi connectivity index (χ3v) is 3.30. The van der Waals surface area contributed by atoms with Crippen molar-refractivity contribution in [3.63, 3.8) is 0 Å². The molecule has 194 valence electrons. The number of carbonyl (C=O) groups is 2. The van der Waals surface area contributed by atoms with Crippen LogP contribution >= 0.6 is 0 Å². The minimum Gasteiger partial charge on any atom is -0.459 e. The van der Waals surface area contributed by atoms with Gasteiger partial charge in [-0.15, -0.1) is 0 Å². The summed E-state index contributed by atoms with van der Waals surface area (Å²) < 4.78 is 106. The normalized spacial score (nSPS) is 14.1. The molecule has 0 radical (unpaired) electrons. The first-order chi connectivity index (χ1) is 14.4. The smallest absolute Gasteiger partial charge is 0.422 e. The number of ether oxygens (including phenoxy) is 2. The number of alkyl halides is 6. The highest BCUT2D eigenvalue weighted by molar-refractivity contribution is 7.88. The van der Waals surface area contributed by atoms with Gasteiger partial charge in [0.1, 0.15) is 6.10 Å². The van der Waals surface area contributed by atoms with E-state index >= 15 is 0 Å². The van der Waals surface area contributed by atoms with Gasteiger partial charge in [0.15, 0.2) is 12.2 Å². The third kappa shape index (κ3) is 21.2. The molecule has 33 heavy (non-hydrogen) atoms. The average Bonchev–Trinajstić information content (AvgIpc) is 2.57. The van der Waals surface area contributed by atoms with E-state index in [1.54, 1.807) is 0 Å². The zero-order valence-electron chi connectivity index (χ0n) is 18.2. The largest absolute Gasteiger partial charge is 0.459 e. The molecule has 2 N–H and O–H groups in total. The number of esters is 2. The van der Waals surface area contributed by atoms with Gasteiger partial charge < -0.3 is 14.6 Å². The van der Waals surface area contributed by atoms with Crippen LogP contribution in [0.1, 0.15) is 34.1 Å². The van der Waals surface area contributed by atoms with E-state index in [9.17, 15) is 44.3 Å². The number of hydrogen-bond donors (Lipinski definition) is 2. The van der Waals surface area contributed by atoms with E-state index in [4.69, 9.17) is 9.66 Å². The summed E-state index contributed by atoms with van der Waals surface area (Å²) in [6, 6.07) is 0. The van der Waals surface area contributed by atoms with E-state index in [2.05, 4.69) is 29.2 Å². The molecule has 0 heterocycles. The lowest BCUT2D eigenvalue weighted by atomic mass is 9.98. The first-order valence-corrected chi connectivity index (χ1v) is 10.0. The number of halogens is 6. The highest BCUT2D eigenvalue weighted by atomic mass is 32.2. The van der Waals surface area contributed by atoms with E-state index in [0.717, 1.165) is 0 Å². The maximum Gasteiger partial charge on any atom is 0.422 e. The number of hydrogen-bond acceptors (Lipinski definition) is 7. The third-order valence-electron chi connectivity index (χ3n) is 2.88. The average molecular weight is 516 g/mol. The predicted octanol–water partition coefficient (Wildman–Crippen LogP) is 3.88. The SMILES string of the molecule is C=C(C)C(=O)OC(C)CC(C)(O)C(F)(F)F.C=C(C)C(=O)OCC(F)(F)F.C=CS(=O)(=O)O. The first-order valence-electron chi connectivity index (χ1n) is 8.51. The van der Waals surface area contributed by atoms with Crippen LogP contribution in [-0.2, 0) is 29.2 Å². The maximum atomic E-state index is 12.3. The van der Waals surface area contributed by atoms with Crippen LogP contribution in [0.2, 0.25) is 0 Å². The van der Waals surface area contributed by atoms with Gasteiger partial charge in [0, 0.05) is 17.6 Å². The molecule has 15 heteroatoms. The van der Waals surface area contributed by atoms with E-state index in [1.807, 2.05) is 0 Å². The van der Waals surface area contributed by atoms with Gasteiger partial charge in [-0.05, 0) is 27.7 Å². The summed E-state index contributed by atoms with van der Waals surface area (Å²) in [5.41, 5.74) is -2.82. The van der Waals surface area contributed by atoms with Crippen molar-refractivity contribution in [2.45, 2.75) is 58.2 Å². The Kier molecular flexibility index (Phi) is 14.9. The summed E-state index contributed by atoms with van der Waals surface area (Å²) in [7, 11) is -3.90. The molecule has 0 amide bonds. The standard InChI is InChI=1S/C10H15F3O3.C6H7F3O2.C2H4O3S/c1-6(2)8(14)16-7(3)5-9(4,15)10(11,12)13;1-4(2)5(10)11-3-6(7,8)9;1-2-6(3,4)5/h7,15H,1,5H2,2-4H3;1,3H2,2H3;2H,1H2,(H,3,4,5). The molecule has 0 aromatic rings. The Morgan fingerprint density at radius 1 is 1.03 bits per heavy atom. The van der Waals surface area contributed by atoms with Crippen molar-refractivity contribution >= 4 is 22.1 Å². The molecule has 2 unspecified atom stereocenters. The van der Waals surface area contributed by atoms with Crippen molar-refractivity contribution in [1.29, 1.82) is 0 Å². The second kappa shape index (κ2) is 14.0. The Balaban J connectivity index is -0.000000457. The van der Waals surface area contributed by atoms with Gasteiger partial charge in [0.2, 0.25) is 0 Å². The molecule has 2 atom stereocenters. The van der Waals surface area contributed by atoms with Crippen molar-refractivity contribution < 1.29 is 63.5 Å². The van der Waals surface area contributed by atoms with Crippen molar-refractivity contribution in [3.05, 3.63) is 36.3 Å². The quantitative estimate of drug-likeness (QED) is 0.226. The van der Waals surface area contributed by atoms with Crippen molar-refractivity contribution in [3.8, 4) is 0 Å². The zero-order valence-corrected chi connectivity index (χ0v) is 19.0. The minimum absolute atomic E-state index is 0.0470. The number of rotatable bonds is 7. The molecule has 0 aliphatic heterocycles. The Bertz CT molecular complexity index is 786. The van der Waals surface area contributed by atoms with Gasteiger partial charge in [0.05, 0.1) is 5.41 Å². The van der Waals surface area contributed by atoms with Crippen LogP contribution in [-0.4, -0.2) is 60.7 Å². The van der Waals surface area contributed by atoms with E-state index < -0.39 is 59.1 Å². The molecule has 8 nitrogen and oxygen atoms in total. The zero-order chi connectivity index (χ0) is 27.4. The minimum atomic E-state index is -4.75. The summed E-state index contributed by atoms with van der Waals surface area (Å²) in [4.78, 5) is 21.4. The molecule has 0 aromatic heterocycles. The molecule has 0 rings (SSSR count). The number of carbonyl (C=O) groups excluding carboxylic acids is 2. The van der Waals surface area contributed by atoms with Crippen molar-refractivity contribution in [2.75, 3.05) is 6.61 Å². The van der Waals surface area contributed by atoms with Crippen molar-refractivity contribution in [2.24, 2.45) is 0 Å². The van der Waals surface area contributed by atoms with Crippen LogP contribution < -0.4 is 0 Å². The molecular formula is C18H26F6O8S. The van der Waals surface area contributed by atoms with E-state index in [1.165, 1.54) is 20.8 Å². The Morgan fingerprint density at radius 2 is 1.39 bits per heavy atom. The second-order valence-corrected chi connectivity index (χ2v) is 7.99. The monoisotopic (exact) mass is 516 g/mol. The lowest BCUT2D eigenvalue weighted by Gasteiger charge is -2.28. The molecule has 0 fully saturated rings. The maximum absolute atomic E-state index is 12.3. The fourth-order valence-corrected chi connectivity index (χ4v) is 1.27.